The summed E-state index contributed by atoms with van der Waals surface area (Å²) >= 11 is 0. The van der Waals surface area contributed by atoms with Crippen LogP contribution < -0.4 is 4.74 Å². The molecule has 0 aromatic heterocycles. The van der Waals surface area contributed by atoms with E-state index in [2.05, 4.69) is 0 Å². The van der Waals surface area contributed by atoms with Crippen LogP contribution in [0.4, 0.5) is 5.69 Å². The third-order valence-electron chi connectivity index (χ3n) is 2.17. The number of aryl methyl sites for hydroxylation is 1. The van der Waals surface area contributed by atoms with Gasteiger partial charge in [-0.2, -0.15) is 0 Å². The number of nitro benzene ring substituents is 1. The van der Waals surface area contributed by atoms with Crippen LogP contribution in [0.2, 0.25) is 0 Å². The molecule has 0 atom stereocenters. The second-order valence-electron chi connectivity index (χ2n) is 3.86. The molecule has 0 radical (unpaired) electrons. The van der Waals surface area contributed by atoms with Crippen LogP contribution in [-0.2, 0) is 0 Å². The fourth-order valence-electron chi connectivity index (χ4n) is 1.27. The Morgan fingerprint density at radius 2 is 2.12 bits per heavy atom. The third-order valence-corrected chi connectivity index (χ3v) is 2.17. The van der Waals surface area contributed by atoms with Gasteiger partial charge in [-0.3, -0.25) is 10.1 Å². The van der Waals surface area contributed by atoms with Crippen molar-refractivity contribution in [3.05, 3.63) is 33.9 Å². The van der Waals surface area contributed by atoms with Crippen molar-refractivity contribution in [2.75, 3.05) is 27.2 Å². The number of likely N-dealkylation sites (N-methyl/N-ethyl adjacent to an activating group) is 1. The predicted octanol–water partition coefficient (Wildman–Crippen LogP) is 1.84. The van der Waals surface area contributed by atoms with E-state index in [0.29, 0.717) is 17.9 Å². The molecule has 0 saturated carbocycles. The van der Waals surface area contributed by atoms with E-state index in [-0.39, 0.29) is 10.6 Å². The van der Waals surface area contributed by atoms with Crippen LogP contribution in [0, 0.1) is 17.0 Å². The lowest BCUT2D eigenvalue weighted by molar-refractivity contribution is -0.385. The average molecular weight is 224 g/mol. The Kier molecular flexibility index (Phi) is 4.25. The van der Waals surface area contributed by atoms with Crippen LogP contribution in [0.25, 0.3) is 0 Å². The van der Waals surface area contributed by atoms with Gasteiger partial charge in [0.15, 0.2) is 0 Å². The SMILES string of the molecule is Cc1cc(OCCN(C)C)ccc1[N+](=O)[O-]. The fourth-order valence-corrected chi connectivity index (χ4v) is 1.27. The summed E-state index contributed by atoms with van der Waals surface area (Å²) < 4.78 is 5.47. The summed E-state index contributed by atoms with van der Waals surface area (Å²) in [5.74, 6) is 0.671. The van der Waals surface area contributed by atoms with Crippen molar-refractivity contribution in [2.24, 2.45) is 0 Å². The van der Waals surface area contributed by atoms with Gasteiger partial charge in [-0.1, -0.05) is 0 Å². The second kappa shape index (κ2) is 5.46. The second-order valence-corrected chi connectivity index (χ2v) is 3.86. The quantitative estimate of drug-likeness (QED) is 0.565. The zero-order valence-electron chi connectivity index (χ0n) is 9.77. The third kappa shape index (κ3) is 3.51. The molecule has 0 heterocycles. The van der Waals surface area contributed by atoms with Crippen LogP contribution >= 0.6 is 0 Å². The molecule has 0 aliphatic rings. The first kappa shape index (κ1) is 12.4. The molecular weight excluding hydrogens is 208 g/mol. The smallest absolute Gasteiger partial charge is 0.272 e. The predicted molar refractivity (Wildman–Crippen MR) is 61.9 cm³/mol. The zero-order valence-corrected chi connectivity index (χ0v) is 9.77. The Morgan fingerprint density at radius 3 is 2.62 bits per heavy atom. The van der Waals surface area contributed by atoms with E-state index in [9.17, 15) is 10.1 Å². The maximum absolute atomic E-state index is 10.6. The summed E-state index contributed by atoms with van der Waals surface area (Å²) in [5, 5.41) is 10.6. The van der Waals surface area contributed by atoms with E-state index in [1.165, 1.54) is 6.07 Å². The normalized spacial score (nSPS) is 10.5. The van der Waals surface area contributed by atoms with Gasteiger partial charge in [0.25, 0.3) is 5.69 Å². The standard InChI is InChI=1S/C11H16N2O3/c1-9-8-10(16-7-6-12(2)3)4-5-11(9)13(14)15/h4-5,8H,6-7H2,1-3H3. The molecule has 0 spiro atoms. The van der Waals surface area contributed by atoms with Gasteiger partial charge in [-0.15, -0.1) is 0 Å². The van der Waals surface area contributed by atoms with Crippen LogP contribution in [0.1, 0.15) is 5.56 Å². The molecule has 5 nitrogen and oxygen atoms in total. The topological polar surface area (TPSA) is 55.6 Å². The summed E-state index contributed by atoms with van der Waals surface area (Å²) in [7, 11) is 3.93. The minimum Gasteiger partial charge on any atom is -0.492 e. The van der Waals surface area contributed by atoms with Gasteiger partial charge in [-0.05, 0) is 33.2 Å². The average Bonchev–Trinajstić information content (AvgIpc) is 2.16. The minimum absolute atomic E-state index is 0.125. The minimum atomic E-state index is -0.390. The molecule has 88 valence electrons. The molecule has 0 aliphatic heterocycles. The van der Waals surface area contributed by atoms with Crippen molar-refractivity contribution in [3.8, 4) is 5.75 Å². The molecule has 5 heteroatoms. The highest BCUT2D eigenvalue weighted by atomic mass is 16.6. The molecule has 0 bridgehead atoms. The van der Waals surface area contributed by atoms with E-state index < -0.39 is 0 Å². The summed E-state index contributed by atoms with van der Waals surface area (Å²) in [4.78, 5) is 12.2. The van der Waals surface area contributed by atoms with Gasteiger partial charge >= 0.3 is 0 Å². The number of benzene rings is 1. The highest BCUT2D eigenvalue weighted by molar-refractivity contribution is 5.44. The summed E-state index contributed by atoms with van der Waals surface area (Å²) in [6.45, 7) is 3.09. The molecule has 0 fully saturated rings. The lowest BCUT2D eigenvalue weighted by Crippen LogP contribution is -2.19. The number of ether oxygens (including phenoxy) is 1. The van der Waals surface area contributed by atoms with Crippen molar-refractivity contribution in [1.29, 1.82) is 0 Å². The molecule has 1 aromatic rings. The van der Waals surface area contributed by atoms with Crippen molar-refractivity contribution in [1.82, 2.24) is 4.90 Å². The molecule has 0 N–H and O–H groups in total. The highest BCUT2D eigenvalue weighted by Crippen LogP contribution is 2.22. The molecule has 0 saturated heterocycles. The van der Waals surface area contributed by atoms with E-state index in [0.717, 1.165) is 6.54 Å². The lowest BCUT2D eigenvalue weighted by atomic mass is 10.2. The molecular formula is C11H16N2O3. The Bertz CT molecular complexity index is 377. The maximum Gasteiger partial charge on any atom is 0.272 e. The lowest BCUT2D eigenvalue weighted by Gasteiger charge is -2.11. The first-order valence-electron chi connectivity index (χ1n) is 5.03. The summed E-state index contributed by atoms with van der Waals surface area (Å²) in [6, 6.07) is 4.79. The van der Waals surface area contributed by atoms with E-state index >= 15 is 0 Å². The first-order chi connectivity index (χ1) is 7.50. The number of nitro groups is 1. The van der Waals surface area contributed by atoms with Crippen LogP contribution in [0.5, 0.6) is 5.75 Å². The largest absolute Gasteiger partial charge is 0.492 e. The van der Waals surface area contributed by atoms with E-state index in [1.807, 2.05) is 19.0 Å². The Balaban J connectivity index is 2.63. The van der Waals surface area contributed by atoms with Crippen LogP contribution in [-0.4, -0.2) is 37.1 Å². The van der Waals surface area contributed by atoms with Gasteiger partial charge in [0.2, 0.25) is 0 Å². The number of hydrogen-bond acceptors (Lipinski definition) is 4. The first-order valence-corrected chi connectivity index (χ1v) is 5.03. The van der Waals surface area contributed by atoms with Gasteiger partial charge in [0.1, 0.15) is 12.4 Å². The number of hydrogen-bond donors (Lipinski definition) is 0. The van der Waals surface area contributed by atoms with Gasteiger partial charge in [0.05, 0.1) is 4.92 Å². The zero-order chi connectivity index (χ0) is 12.1. The molecule has 0 aliphatic carbocycles. The molecule has 1 rings (SSSR count). The molecule has 0 unspecified atom stereocenters. The Hall–Kier alpha value is -1.62. The van der Waals surface area contributed by atoms with E-state index in [1.54, 1.807) is 19.1 Å². The number of nitrogens with zero attached hydrogens (tertiary/aromatic N) is 2. The Labute approximate surface area is 94.8 Å². The van der Waals surface area contributed by atoms with Crippen molar-refractivity contribution in [3.63, 3.8) is 0 Å². The highest BCUT2D eigenvalue weighted by Gasteiger charge is 2.10. The fraction of sp³-hybridized carbons (Fsp3) is 0.455. The van der Waals surface area contributed by atoms with Crippen LogP contribution in [0.15, 0.2) is 18.2 Å². The molecule has 0 amide bonds. The molecule has 1 aromatic carbocycles. The van der Waals surface area contributed by atoms with Crippen molar-refractivity contribution < 1.29 is 9.66 Å². The summed E-state index contributed by atoms with van der Waals surface area (Å²) in [5.41, 5.74) is 0.743. The molecule has 16 heavy (non-hydrogen) atoms. The van der Waals surface area contributed by atoms with Gasteiger partial charge in [0, 0.05) is 18.2 Å². The maximum atomic E-state index is 10.6. The van der Waals surface area contributed by atoms with E-state index in [4.69, 9.17) is 4.74 Å². The van der Waals surface area contributed by atoms with Crippen LogP contribution in [0.3, 0.4) is 0 Å². The monoisotopic (exact) mass is 224 g/mol. The van der Waals surface area contributed by atoms with Gasteiger partial charge in [-0.25, -0.2) is 0 Å². The van der Waals surface area contributed by atoms with Crippen molar-refractivity contribution >= 4 is 5.69 Å². The Morgan fingerprint density at radius 1 is 1.44 bits per heavy atom. The summed E-state index contributed by atoms with van der Waals surface area (Å²) in [6.07, 6.45) is 0. The van der Waals surface area contributed by atoms with Gasteiger partial charge < -0.3 is 9.64 Å². The van der Waals surface area contributed by atoms with Crippen molar-refractivity contribution in [2.45, 2.75) is 6.92 Å². The number of rotatable bonds is 5.